The normalized spacial score (nSPS) is 25.5. The van der Waals surface area contributed by atoms with Crippen LogP contribution in [0.15, 0.2) is 0 Å². The van der Waals surface area contributed by atoms with Crippen LogP contribution in [0.5, 0.6) is 0 Å². The van der Waals surface area contributed by atoms with Gasteiger partial charge in [0.25, 0.3) is 0 Å². The fraction of sp³-hybridized carbons (Fsp3) is 0.833. The number of nitrogens with one attached hydrogen (secondary N) is 1. The summed E-state index contributed by atoms with van der Waals surface area (Å²) in [4.78, 5) is 24.2. The number of carboxylic acid groups (broad SMARTS) is 1. The van der Waals surface area contributed by atoms with Gasteiger partial charge in [0.2, 0.25) is 5.91 Å². The molecule has 1 fully saturated rings. The Kier molecular flexibility index (Phi) is 5.41. The third kappa shape index (κ3) is 4.34. The first-order valence-corrected chi connectivity index (χ1v) is 6.22. The summed E-state index contributed by atoms with van der Waals surface area (Å²) in [7, 11) is 1.62. The van der Waals surface area contributed by atoms with Crippen molar-refractivity contribution in [2.75, 3.05) is 20.1 Å². The van der Waals surface area contributed by atoms with Gasteiger partial charge in [0.05, 0.1) is 0 Å². The number of amides is 1. The third-order valence-electron chi connectivity index (χ3n) is 3.39. The van der Waals surface area contributed by atoms with Crippen LogP contribution in [0, 0.1) is 5.92 Å². The summed E-state index contributed by atoms with van der Waals surface area (Å²) < 4.78 is 0. The zero-order valence-corrected chi connectivity index (χ0v) is 10.6. The van der Waals surface area contributed by atoms with Gasteiger partial charge < -0.3 is 10.4 Å². The van der Waals surface area contributed by atoms with Crippen LogP contribution in [-0.4, -0.2) is 48.1 Å². The van der Waals surface area contributed by atoms with E-state index in [-0.39, 0.29) is 11.9 Å². The molecule has 1 heterocycles. The number of carbonyl (C=O) groups is 2. The number of carbonyl (C=O) groups excluding carboxylic acids is 1. The van der Waals surface area contributed by atoms with E-state index in [1.54, 1.807) is 7.05 Å². The second-order valence-corrected chi connectivity index (χ2v) is 4.80. The summed E-state index contributed by atoms with van der Waals surface area (Å²) in [5.74, 6) is -0.245. The van der Waals surface area contributed by atoms with Crippen LogP contribution >= 0.6 is 0 Å². The molecule has 5 nitrogen and oxygen atoms in total. The van der Waals surface area contributed by atoms with Crippen molar-refractivity contribution in [2.24, 2.45) is 5.92 Å². The molecule has 98 valence electrons. The number of nitrogens with zero attached hydrogens (tertiary/aromatic N) is 1. The fourth-order valence-electron chi connectivity index (χ4n) is 2.28. The molecule has 2 atom stereocenters. The minimum absolute atomic E-state index is 0.0160. The minimum atomic E-state index is -0.739. The lowest BCUT2D eigenvalue weighted by atomic mass is 9.92. The smallest absolute Gasteiger partial charge is 0.320 e. The lowest BCUT2D eigenvalue weighted by Gasteiger charge is -2.35. The first kappa shape index (κ1) is 14.0. The zero-order valence-electron chi connectivity index (χ0n) is 10.6. The number of likely N-dealkylation sites (tertiary alicyclic amines) is 1. The van der Waals surface area contributed by atoms with Gasteiger partial charge in [-0.05, 0) is 38.3 Å². The van der Waals surface area contributed by atoms with E-state index in [1.807, 2.05) is 4.90 Å². The van der Waals surface area contributed by atoms with Gasteiger partial charge in [-0.3, -0.25) is 14.5 Å². The molecule has 0 aromatic heterocycles. The van der Waals surface area contributed by atoms with Crippen molar-refractivity contribution in [1.29, 1.82) is 0 Å². The van der Waals surface area contributed by atoms with Crippen molar-refractivity contribution in [1.82, 2.24) is 10.2 Å². The molecule has 0 aromatic rings. The SMILES string of the molecule is CNC(=O)CCCN1CCC(C)CC1C(=O)O. The molecule has 0 radical (unpaired) electrons. The van der Waals surface area contributed by atoms with E-state index in [0.29, 0.717) is 18.9 Å². The molecule has 1 aliphatic heterocycles. The van der Waals surface area contributed by atoms with E-state index >= 15 is 0 Å². The molecule has 0 saturated carbocycles. The molecular weight excluding hydrogens is 220 g/mol. The number of piperidine rings is 1. The number of aliphatic carboxylic acids is 1. The summed E-state index contributed by atoms with van der Waals surface area (Å²) in [6, 6.07) is -0.372. The Morgan fingerprint density at radius 1 is 1.47 bits per heavy atom. The molecular formula is C12H22N2O3. The third-order valence-corrected chi connectivity index (χ3v) is 3.39. The Labute approximate surface area is 102 Å². The molecule has 2 N–H and O–H groups in total. The van der Waals surface area contributed by atoms with E-state index in [9.17, 15) is 9.59 Å². The van der Waals surface area contributed by atoms with Gasteiger partial charge in [-0.15, -0.1) is 0 Å². The van der Waals surface area contributed by atoms with Gasteiger partial charge in [0.15, 0.2) is 0 Å². The second-order valence-electron chi connectivity index (χ2n) is 4.80. The molecule has 1 saturated heterocycles. The van der Waals surface area contributed by atoms with Crippen molar-refractivity contribution in [3.8, 4) is 0 Å². The van der Waals surface area contributed by atoms with Gasteiger partial charge >= 0.3 is 5.97 Å². The molecule has 0 spiro atoms. The monoisotopic (exact) mass is 242 g/mol. The van der Waals surface area contributed by atoms with Crippen LogP contribution in [0.4, 0.5) is 0 Å². The van der Waals surface area contributed by atoms with Gasteiger partial charge in [-0.2, -0.15) is 0 Å². The average Bonchev–Trinajstić information content (AvgIpc) is 2.30. The first-order valence-electron chi connectivity index (χ1n) is 6.22. The summed E-state index contributed by atoms with van der Waals surface area (Å²) in [6.45, 7) is 3.61. The topological polar surface area (TPSA) is 69.6 Å². The van der Waals surface area contributed by atoms with Gasteiger partial charge in [0.1, 0.15) is 6.04 Å². The van der Waals surface area contributed by atoms with Crippen LogP contribution in [0.3, 0.4) is 0 Å². The Bertz CT molecular complexity index is 281. The molecule has 17 heavy (non-hydrogen) atoms. The fourth-order valence-corrected chi connectivity index (χ4v) is 2.28. The van der Waals surface area contributed by atoms with E-state index in [0.717, 1.165) is 25.8 Å². The highest BCUT2D eigenvalue weighted by molar-refractivity contribution is 5.75. The van der Waals surface area contributed by atoms with Crippen LogP contribution in [0.1, 0.15) is 32.6 Å². The first-order chi connectivity index (χ1) is 8.04. The largest absolute Gasteiger partial charge is 0.480 e. The molecule has 0 bridgehead atoms. The Morgan fingerprint density at radius 2 is 2.18 bits per heavy atom. The second kappa shape index (κ2) is 6.59. The lowest BCUT2D eigenvalue weighted by Crippen LogP contribution is -2.47. The van der Waals surface area contributed by atoms with Gasteiger partial charge in [-0.25, -0.2) is 0 Å². The van der Waals surface area contributed by atoms with Crippen molar-refractivity contribution in [3.05, 3.63) is 0 Å². The van der Waals surface area contributed by atoms with Gasteiger partial charge in [-0.1, -0.05) is 6.92 Å². The van der Waals surface area contributed by atoms with Gasteiger partial charge in [0, 0.05) is 13.5 Å². The molecule has 5 heteroatoms. The molecule has 1 rings (SSSR count). The molecule has 0 aliphatic carbocycles. The molecule has 1 amide bonds. The summed E-state index contributed by atoms with van der Waals surface area (Å²) in [6.07, 6.45) is 2.95. The van der Waals surface area contributed by atoms with Crippen molar-refractivity contribution in [2.45, 2.75) is 38.6 Å². The summed E-state index contributed by atoms with van der Waals surface area (Å²) in [5.41, 5.74) is 0. The molecule has 2 unspecified atom stereocenters. The van der Waals surface area contributed by atoms with Crippen molar-refractivity contribution in [3.63, 3.8) is 0 Å². The van der Waals surface area contributed by atoms with Crippen molar-refractivity contribution >= 4 is 11.9 Å². The average molecular weight is 242 g/mol. The van der Waals surface area contributed by atoms with E-state index in [2.05, 4.69) is 12.2 Å². The number of hydrogen-bond donors (Lipinski definition) is 2. The summed E-state index contributed by atoms with van der Waals surface area (Å²) >= 11 is 0. The van der Waals surface area contributed by atoms with Crippen LogP contribution in [0.2, 0.25) is 0 Å². The number of carboxylic acids is 1. The molecule has 1 aliphatic rings. The maximum atomic E-state index is 11.1. The summed E-state index contributed by atoms with van der Waals surface area (Å²) in [5, 5.41) is 11.7. The Balaban J connectivity index is 2.39. The lowest BCUT2D eigenvalue weighted by molar-refractivity contribution is -0.145. The minimum Gasteiger partial charge on any atom is -0.480 e. The zero-order chi connectivity index (χ0) is 12.8. The standard InChI is InChI=1S/C12H22N2O3/c1-9-5-7-14(10(8-9)12(16)17)6-3-4-11(15)13-2/h9-10H,3-8H2,1-2H3,(H,13,15)(H,16,17). The van der Waals surface area contributed by atoms with Crippen molar-refractivity contribution < 1.29 is 14.7 Å². The highest BCUT2D eigenvalue weighted by Crippen LogP contribution is 2.22. The highest BCUT2D eigenvalue weighted by atomic mass is 16.4. The Hall–Kier alpha value is -1.10. The van der Waals surface area contributed by atoms with Crippen LogP contribution < -0.4 is 5.32 Å². The van der Waals surface area contributed by atoms with E-state index < -0.39 is 5.97 Å². The maximum Gasteiger partial charge on any atom is 0.320 e. The predicted molar refractivity (Wildman–Crippen MR) is 64.7 cm³/mol. The maximum absolute atomic E-state index is 11.1. The van der Waals surface area contributed by atoms with Crippen LogP contribution in [0.25, 0.3) is 0 Å². The Morgan fingerprint density at radius 3 is 2.76 bits per heavy atom. The number of hydrogen-bond acceptors (Lipinski definition) is 3. The van der Waals surface area contributed by atoms with Crippen LogP contribution in [-0.2, 0) is 9.59 Å². The number of rotatable bonds is 5. The highest BCUT2D eigenvalue weighted by Gasteiger charge is 2.31. The quantitative estimate of drug-likeness (QED) is 0.744. The van der Waals surface area contributed by atoms with E-state index in [4.69, 9.17) is 5.11 Å². The molecule has 0 aromatic carbocycles. The van der Waals surface area contributed by atoms with E-state index in [1.165, 1.54) is 0 Å². The predicted octanol–water partition coefficient (Wildman–Crippen LogP) is 0.698.